The SMILES string of the molecule is O=c1cc(-c2ccccn2)nc(C2CCN(CC3CC=CCC3)C2)[nH]1. The van der Waals surface area contributed by atoms with Crippen LogP contribution in [0.25, 0.3) is 11.4 Å². The van der Waals surface area contributed by atoms with E-state index in [4.69, 9.17) is 4.98 Å². The molecule has 2 atom stereocenters. The summed E-state index contributed by atoms with van der Waals surface area (Å²) >= 11 is 0. The molecule has 2 aromatic rings. The van der Waals surface area contributed by atoms with Crippen molar-refractivity contribution in [2.75, 3.05) is 19.6 Å². The van der Waals surface area contributed by atoms with E-state index < -0.39 is 0 Å². The van der Waals surface area contributed by atoms with Gasteiger partial charge in [0, 0.05) is 31.3 Å². The second-order valence-electron chi connectivity index (χ2n) is 7.13. The standard InChI is InChI=1S/C20H24N4O/c25-19-12-18(17-8-4-5-10-21-17)22-20(23-19)16-9-11-24(14-16)13-15-6-2-1-3-7-15/h1-2,4-5,8,10,12,15-16H,3,6-7,9,11,13-14H2,(H,22,23,25). The Morgan fingerprint density at radius 2 is 2.16 bits per heavy atom. The number of likely N-dealkylation sites (tertiary alicyclic amines) is 1. The van der Waals surface area contributed by atoms with E-state index in [-0.39, 0.29) is 5.56 Å². The van der Waals surface area contributed by atoms with Crippen molar-refractivity contribution in [1.29, 1.82) is 0 Å². The van der Waals surface area contributed by atoms with Gasteiger partial charge in [0.25, 0.3) is 5.56 Å². The molecule has 0 spiro atoms. The molecule has 1 N–H and O–H groups in total. The summed E-state index contributed by atoms with van der Waals surface area (Å²) in [6.07, 6.45) is 11.1. The average Bonchev–Trinajstić information content (AvgIpc) is 3.11. The van der Waals surface area contributed by atoms with E-state index in [1.54, 1.807) is 6.20 Å². The van der Waals surface area contributed by atoms with E-state index in [9.17, 15) is 4.79 Å². The van der Waals surface area contributed by atoms with Crippen LogP contribution in [0.2, 0.25) is 0 Å². The Morgan fingerprint density at radius 3 is 2.96 bits per heavy atom. The van der Waals surface area contributed by atoms with Crippen molar-refractivity contribution in [1.82, 2.24) is 19.9 Å². The maximum absolute atomic E-state index is 12.1. The largest absolute Gasteiger partial charge is 0.310 e. The monoisotopic (exact) mass is 336 g/mol. The summed E-state index contributed by atoms with van der Waals surface area (Å²) in [5.74, 6) is 1.88. The number of aromatic nitrogens is 3. The van der Waals surface area contributed by atoms with Crippen molar-refractivity contribution in [2.24, 2.45) is 5.92 Å². The first-order valence-corrected chi connectivity index (χ1v) is 9.18. The highest BCUT2D eigenvalue weighted by atomic mass is 16.1. The van der Waals surface area contributed by atoms with Crippen LogP contribution >= 0.6 is 0 Å². The number of nitrogens with one attached hydrogen (secondary N) is 1. The lowest BCUT2D eigenvalue weighted by molar-refractivity contribution is 0.263. The molecule has 2 aliphatic rings. The topological polar surface area (TPSA) is 61.9 Å². The van der Waals surface area contributed by atoms with Gasteiger partial charge in [-0.3, -0.25) is 9.78 Å². The molecule has 0 radical (unpaired) electrons. The van der Waals surface area contributed by atoms with Crippen molar-refractivity contribution in [3.63, 3.8) is 0 Å². The fourth-order valence-electron chi connectivity index (χ4n) is 3.92. The van der Waals surface area contributed by atoms with Crippen LogP contribution in [-0.2, 0) is 0 Å². The maximum atomic E-state index is 12.1. The summed E-state index contributed by atoms with van der Waals surface area (Å²) in [6.45, 7) is 3.22. The summed E-state index contributed by atoms with van der Waals surface area (Å²) in [7, 11) is 0. The molecule has 0 saturated carbocycles. The van der Waals surface area contributed by atoms with Gasteiger partial charge < -0.3 is 9.88 Å². The number of pyridine rings is 1. The minimum Gasteiger partial charge on any atom is -0.310 e. The predicted molar refractivity (Wildman–Crippen MR) is 98.4 cm³/mol. The molecule has 1 aliphatic heterocycles. The molecule has 5 nitrogen and oxygen atoms in total. The Hall–Kier alpha value is -2.27. The molecular formula is C20H24N4O. The molecule has 0 aromatic carbocycles. The Bertz CT molecular complexity index is 799. The van der Waals surface area contributed by atoms with Gasteiger partial charge in [0.1, 0.15) is 5.82 Å². The molecular weight excluding hydrogens is 312 g/mol. The Balaban J connectivity index is 1.48. The third kappa shape index (κ3) is 3.87. The molecule has 1 saturated heterocycles. The van der Waals surface area contributed by atoms with Crippen molar-refractivity contribution in [2.45, 2.75) is 31.6 Å². The third-order valence-corrected chi connectivity index (χ3v) is 5.24. The van der Waals surface area contributed by atoms with Crippen molar-refractivity contribution < 1.29 is 0 Å². The van der Waals surface area contributed by atoms with Gasteiger partial charge in [-0.1, -0.05) is 18.2 Å². The van der Waals surface area contributed by atoms with E-state index in [0.29, 0.717) is 11.6 Å². The van der Waals surface area contributed by atoms with Gasteiger partial charge in [-0.15, -0.1) is 0 Å². The van der Waals surface area contributed by atoms with E-state index in [1.165, 1.54) is 25.3 Å². The normalized spacial score (nSPS) is 23.8. The third-order valence-electron chi connectivity index (χ3n) is 5.24. The minimum absolute atomic E-state index is 0.0958. The van der Waals surface area contributed by atoms with Gasteiger partial charge in [0.2, 0.25) is 0 Å². The smallest absolute Gasteiger partial charge is 0.251 e. The van der Waals surface area contributed by atoms with Gasteiger partial charge >= 0.3 is 0 Å². The molecule has 5 heteroatoms. The van der Waals surface area contributed by atoms with E-state index >= 15 is 0 Å². The fraction of sp³-hybridized carbons (Fsp3) is 0.450. The Kier molecular flexibility index (Phi) is 4.74. The lowest BCUT2D eigenvalue weighted by Gasteiger charge is -2.24. The van der Waals surface area contributed by atoms with Gasteiger partial charge in [-0.25, -0.2) is 4.98 Å². The molecule has 25 heavy (non-hydrogen) atoms. The first-order chi connectivity index (χ1) is 12.3. The second-order valence-corrected chi connectivity index (χ2v) is 7.13. The second kappa shape index (κ2) is 7.31. The molecule has 3 heterocycles. The zero-order chi connectivity index (χ0) is 17.1. The van der Waals surface area contributed by atoms with E-state index in [1.807, 2.05) is 18.2 Å². The Labute approximate surface area is 147 Å². The number of H-pyrrole nitrogens is 1. The van der Waals surface area contributed by atoms with Crippen molar-refractivity contribution in [3.05, 3.63) is 58.8 Å². The highest BCUT2D eigenvalue weighted by Crippen LogP contribution is 2.28. The molecule has 1 fully saturated rings. The van der Waals surface area contributed by atoms with E-state index in [2.05, 4.69) is 27.0 Å². The highest BCUT2D eigenvalue weighted by molar-refractivity contribution is 5.52. The number of hydrogen-bond acceptors (Lipinski definition) is 4. The molecule has 2 unspecified atom stereocenters. The quantitative estimate of drug-likeness (QED) is 0.872. The van der Waals surface area contributed by atoms with Gasteiger partial charge in [0.15, 0.2) is 0 Å². The highest BCUT2D eigenvalue weighted by Gasteiger charge is 2.27. The van der Waals surface area contributed by atoms with Crippen LogP contribution in [0, 0.1) is 5.92 Å². The molecule has 1 aliphatic carbocycles. The fourth-order valence-corrected chi connectivity index (χ4v) is 3.92. The number of hydrogen-bond donors (Lipinski definition) is 1. The number of rotatable bonds is 4. The number of aromatic amines is 1. The van der Waals surface area contributed by atoms with Crippen molar-refractivity contribution in [3.8, 4) is 11.4 Å². The van der Waals surface area contributed by atoms with Gasteiger partial charge in [0.05, 0.1) is 11.4 Å². The lowest BCUT2D eigenvalue weighted by Crippen LogP contribution is -2.28. The summed E-state index contributed by atoms with van der Waals surface area (Å²) in [4.78, 5) is 26.6. The van der Waals surface area contributed by atoms with Crippen molar-refractivity contribution >= 4 is 0 Å². The van der Waals surface area contributed by atoms with Crippen LogP contribution in [0.1, 0.15) is 37.4 Å². The predicted octanol–water partition coefficient (Wildman–Crippen LogP) is 2.98. The van der Waals surface area contributed by atoms with Crippen LogP contribution in [-0.4, -0.2) is 39.5 Å². The lowest BCUT2D eigenvalue weighted by atomic mass is 9.94. The van der Waals surface area contributed by atoms with Gasteiger partial charge in [-0.2, -0.15) is 0 Å². The average molecular weight is 336 g/mol. The van der Waals surface area contributed by atoms with Gasteiger partial charge in [-0.05, 0) is 50.3 Å². The van der Waals surface area contributed by atoms with Crippen LogP contribution < -0.4 is 5.56 Å². The summed E-state index contributed by atoms with van der Waals surface area (Å²) in [5.41, 5.74) is 1.32. The molecule has 0 bridgehead atoms. The molecule has 4 rings (SSSR count). The number of allylic oxidation sites excluding steroid dienone is 2. The zero-order valence-corrected chi connectivity index (χ0v) is 14.4. The summed E-state index contributed by atoms with van der Waals surface area (Å²) in [6, 6.07) is 7.21. The van der Waals surface area contributed by atoms with Crippen LogP contribution in [0.15, 0.2) is 47.4 Å². The number of nitrogens with zero attached hydrogens (tertiary/aromatic N) is 3. The van der Waals surface area contributed by atoms with Crippen LogP contribution in [0.4, 0.5) is 0 Å². The zero-order valence-electron chi connectivity index (χ0n) is 14.4. The first-order valence-electron chi connectivity index (χ1n) is 9.18. The Morgan fingerprint density at radius 1 is 1.20 bits per heavy atom. The van der Waals surface area contributed by atoms with Crippen LogP contribution in [0.3, 0.4) is 0 Å². The molecule has 2 aromatic heterocycles. The van der Waals surface area contributed by atoms with E-state index in [0.717, 1.165) is 43.5 Å². The molecule has 0 amide bonds. The first kappa shape index (κ1) is 16.2. The van der Waals surface area contributed by atoms with Crippen LogP contribution in [0.5, 0.6) is 0 Å². The summed E-state index contributed by atoms with van der Waals surface area (Å²) < 4.78 is 0. The minimum atomic E-state index is -0.0958. The summed E-state index contributed by atoms with van der Waals surface area (Å²) in [5, 5.41) is 0. The maximum Gasteiger partial charge on any atom is 0.251 e. The molecule has 130 valence electrons.